The minimum absolute atomic E-state index is 0.130. The van der Waals surface area contributed by atoms with Crippen molar-refractivity contribution >= 4 is 5.78 Å². The van der Waals surface area contributed by atoms with Crippen molar-refractivity contribution in [2.75, 3.05) is 19.6 Å². The Balaban J connectivity index is 1.97. The van der Waals surface area contributed by atoms with Crippen LogP contribution in [0.15, 0.2) is 23.1 Å². The maximum atomic E-state index is 13.0. The number of ketones is 1. The molecule has 1 aromatic rings. The molecule has 0 N–H and O–H groups in total. The zero-order valence-electron chi connectivity index (χ0n) is 11.4. The predicted octanol–water partition coefficient (Wildman–Crippen LogP) is 1.78. The van der Waals surface area contributed by atoms with E-state index in [9.17, 15) is 18.4 Å². The number of alkyl halides is 2. The first kappa shape index (κ1) is 14.8. The Morgan fingerprint density at radius 1 is 1.30 bits per heavy atom. The summed E-state index contributed by atoms with van der Waals surface area (Å²) < 4.78 is 27.5. The van der Waals surface area contributed by atoms with Crippen molar-refractivity contribution in [3.8, 4) is 0 Å². The van der Waals surface area contributed by atoms with Crippen LogP contribution in [0.5, 0.6) is 0 Å². The fourth-order valence-electron chi connectivity index (χ4n) is 2.33. The van der Waals surface area contributed by atoms with E-state index in [0.717, 1.165) is 0 Å². The smallest absolute Gasteiger partial charge is 0.261 e. The van der Waals surface area contributed by atoms with E-state index in [2.05, 4.69) is 0 Å². The van der Waals surface area contributed by atoms with Crippen LogP contribution in [0.4, 0.5) is 8.78 Å². The normalized spacial score (nSPS) is 18.9. The monoisotopic (exact) mass is 284 g/mol. The Morgan fingerprint density at radius 3 is 2.55 bits per heavy atom. The van der Waals surface area contributed by atoms with Crippen LogP contribution in [0.2, 0.25) is 0 Å². The molecule has 1 aliphatic heterocycles. The largest absolute Gasteiger partial charge is 0.314 e. The molecular weight excluding hydrogens is 266 g/mol. The molecule has 6 heteroatoms. The standard InChI is InChI=1S/C14H18F2N2O2/c1-11(19)12-3-2-6-18(13(12)20)10-9-17-7-4-14(15,16)5-8-17/h2-3,6H,4-5,7-10H2,1H3. The third kappa shape index (κ3) is 3.50. The quantitative estimate of drug-likeness (QED) is 0.792. The number of aromatic nitrogens is 1. The lowest BCUT2D eigenvalue weighted by atomic mass is 10.1. The Morgan fingerprint density at radius 2 is 1.95 bits per heavy atom. The summed E-state index contributed by atoms with van der Waals surface area (Å²) in [5.41, 5.74) is -0.153. The van der Waals surface area contributed by atoms with Gasteiger partial charge < -0.3 is 9.47 Å². The molecule has 2 rings (SSSR count). The lowest BCUT2D eigenvalue weighted by molar-refractivity contribution is -0.0554. The Labute approximate surface area is 116 Å². The molecule has 0 bridgehead atoms. The van der Waals surface area contributed by atoms with Gasteiger partial charge in [-0.25, -0.2) is 8.78 Å². The van der Waals surface area contributed by atoms with Gasteiger partial charge in [0, 0.05) is 45.2 Å². The number of likely N-dealkylation sites (tertiary alicyclic amines) is 1. The molecular formula is C14H18F2N2O2. The summed E-state index contributed by atoms with van der Waals surface area (Å²) in [5.74, 6) is -2.82. The van der Waals surface area contributed by atoms with Crippen LogP contribution in [0.1, 0.15) is 30.1 Å². The number of pyridine rings is 1. The number of hydrogen-bond donors (Lipinski definition) is 0. The van der Waals surface area contributed by atoms with E-state index in [1.165, 1.54) is 17.6 Å². The summed E-state index contributed by atoms with van der Waals surface area (Å²) in [5, 5.41) is 0. The van der Waals surface area contributed by atoms with Crippen molar-refractivity contribution in [1.82, 2.24) is 9.47 Å². The second-order valence-corrected chi connectivity index (χ2v) is 5.17. The van der Waals surface area contributed by atoms with Gasteiger partial charge in [-0.2, -0.15) is 0 Å². The summed E-state index contributed by atoms with van der Waals surface area (Å²) in [7, 11) is 0. The Bertz CT molecular complexity index is 544. The molecule has 0 spiro atoms. The molecule has 1 saturated heterocycles. The second kappa shape index (κ2) is 5.83. The molecule has 0 amide bonds. The van der Waals surface area contributed by atoms with Gasteiger partial charge in [-0.3, -0.25) is 9.59 Å². The summed E-state index contributed by atoms with van der Waals surface area (Å²) >= 11 is 0. The molecule has 0 unspecified atom stereocenters. The molecule has 0 aromatic carbocycles. The van der Waals surface area contributed by atoms with Crippen molar-refractivity contribution in [2.45, 2.75) is 32.2 Å². The van der Waals surface area contributed by atoms with Crippen LogP contribution in [0.25, 0.3) is 0 Å². The fourth-order valence-corrected chi connectivity index (χ4v) is 2.33. The first-order chi connectivity index (χ1) is 9.39. The third-order valence-corrected chi connectivity index (χ3v) is 3.64. The number of piperidine rings is 1. The Kier molecular flexibility index (Phi) is 4.32. The molecule has 1 aliphatic rings. The van der Waals surface area contributed by atoms with Crippen LogP contribution >= 0.6 is 0 Å². The van der Waals surface area contributed by atoms with E-state index >= 15 is 0 Å². The molecule has 4 nitrogen and oxygen atoms in total. The van der Waals surface area contributed by atoms with Crippen LogP contribution in [-0.4, -0.2) is 40.8 Å². The highest BCUT2D eigenvalue weighted by Gasteiger charge is 2.33. The predicted molar refractivity (Wildman–Crippen MR) is 71.3 cm³/mol. The molecule has 1 aromatic heterocycles. The molecule has 2 heterocycles. The van der Waals surface area contributed by atoms with Crippen molar-refractivity contribution in [1.29, 1.82) is 0 Å². The summed E-state index contributed by atoms with van der Waals surface area (Å²) in [6.45, 7) is 2.99. The number of nitrogens with zero attached hydrogens (tertiary/aromatic N) is 2. The highest BCUT2D eigenvalue weighted by atomic mass is 19.3. The highest BCUT2D eigenvalue weighted by Crippen LogP contribution is 2.27. The van der Waals surface area contributed by atoms with Gasteiger partial charge in [0.05, 0.1) is 5.56 Å². The van der Waals surface area contributed by atoms with Gasteiger partial charge in [0.25, 0.3) is 11.5 Å². The zero-order valence-corrected chi connectivity index (χ0v) is 11.4. The van der Waals surface area contributed by atoms with E-state index in [-0.39, 0.29) is 29.7 Å². The summed E-state index contributed by atoms with van der Waals surface area (Å²) in [6, 6.07) is 3.16. The number of carbonyl (C=O) groups excluding carboxylic acids is 1. The summed E-state index contributed by atoms with van der Waals surface area (Å²) in [6.07, 6.45) is 1.36. The SMILES string of the molecule is CC(=O)c1cccn(CCN2CCC(F)(F)CC2)c1=O. The first-order valence-electron chi connectivity index (χ1n) is 6.70. The van der Waals surface area contributed by atoms with Crippen molar-refractivity contribution in [2.24, 2.45) is 0 Å². The number of hydrogen-bond acceptors (Lipinski definition) is 3. The molecule has 20 heavy (non-hydrogen) atoms. The van der Waals surface area contributed by atoms with E-state index < -0.39 is 5.92 Å². The number of Topliss-reactive ketones (excluding diaryl/α,β-unsaturated/α-hetero) is 1. The van der Waals surface area contributed by atoms with Crippen LogP contribution in [-0.2, 0) is 6.54 Å². The zero-order chi connectivity index (χ0) is 14.8. The third-order valence-electron chi connectivity index (χ3n) is 3.64. The minimum Gasteiger partial charge on any atom is -0.314 e. The summed E-state index contributed by atoms with van der Waals surface area (Å²) in [4.78, 5) is 25.2. The highest BCUT2D eigenvalue weighted by molar-refractivity contribution is 5.93. The lowest BCUT2D eigenvalue weighted by Crippen LogP contribution is -2.41. The van der Waals surface area contributed by atoms with Gasteiger partial charge in [-0.15, -0.1) is 0 Å². The van der Waals surface area contributed by atoms with Gasteiger partial charge in [0.15, 0.2) is 5.78 Å². The van der Waals surface area contributed by atoms with Crippen molar-refractivity contribution in [3.63, 3.8) is 0 Å². The van der Waals surface area contributed by atoms with Crippen molar-refractivity contribution < 1.29 is 13.6 Å². The lowest BCUT2D eigenvalue weighted by Gasteiger charge is -2.31. The van der Waals surface area contributed by atoms with Gasteiger partial charge in [-0.05, 0) is 19.1 Å². The van der Waals surface area contributed by atoms with E-state index in [1.54, 1.807) is 12.3 Å². The van der Waals surface area contributed by atoms with Gasteiger partial charge in [0.2, 0.25) is 0 Å². The molecule has 0 aliphatic carbocycles. The number of halogens is 2. The van der Waals surface area contributed by atoms with Gasteiger partial charge in [0.1, 0.15) is 0 Å². The van der Waals surface area contributed by atoms with Crippen LogP contribution < -0.4 is 5.56 Å². The first-order valence-corrected chi connectivity index (χ1v) is 6.70. The number of carbonyl (C=O) groups is 1. The molecule has 1 fully saturated rings. The average molecular weight is 284 g/mol. The maximum absolute atomic E-state index is 13.0. The second-order valence-electron chi connectivity index (χ2n) is 5.17. The average Bonchev–Trinajstić information content (AvgIpc) is 2.38. The Hall–Kier alpha value is -1.56. The molecule has 0 atom stereocenters. The maximum Gasteiger partial charge on any atom is 0.261 e. The van der Waals surface area contributed by atoms with Crippen LogP contribution in [0, 0.1) is 0 Å². The van der Waals surface area contributed by atoms with E-state index in [1.807, 2.05) is 4.90 Å². The molecule has 0 radical (unpaired) electrons. The van der Waals surface area contributed by atoms with Gasteiger partial charge >= 0.3 is 0 Å². The molecule has 110 valence electrons. The van der Waals surface area contributed by atoms with Crippen molar-refractivity contribution in [3.05, 3.63) is 34.2 Å². The van der Waals surface area contributed by atoms with Crippen LogP contribution in [0.3, 0.4) is 0 Å². The van der Waals surface area contributed by atoms with E-state index in [0.29, 0.717) is 26.2 Å². The topological polar surface area (TPSA) is 42.3 Å². The fraction of sp³-hybridized carbons (Fsp3) is 0.571. The minimum atomic E-state index is -2.55. The van der Waals surface area contributed by atoms with E-state index in [4.69, 9.17) is 0 Å². The number of rotatable bonds is 4. The molecule has 0 saturated carbocycles. The van der Waals surface area contributed by atoms with Gasteiger partial charge in [-0.1, -0.05) is 0 Å².